The smallest absolute Gasteiger partial charge is 0.254 e. The van der Waals surface area contributed by atoms with Crippen LogP contribution in [0.3, 0.4) is 0 Å². The number of nitrogens with zero attached hydrogens (tertiary/aromatic N) is 6. The molecule has 2 heterocycles. The largest absolute Gasteiger partial charge is 0.368 e. The van der Waals surface area contributed by atoms with Gasteiger partial charge in [-0.1, -0.05) is 47.7 Å². The van der Waals surface area contributed by atoms with Gasteiger partial charge in [0.15, 0.2) is 0 Å². The summed E-state index contributed by atoms with van der Waals surface area (Å²) in [6.07, 6.45) is 0. The van der Waals surface area contributed by atoms with Gasteiger partial charge in [-0.3, -0.25) is 9.59 Å². The molecule has 0 unspecified atom stereocenters. The van der Waals surface area contributed by atoms with Crippen molar-refractivity contribution in [3.8, 4) is 5.69 Å². The lowest BCUT2D eigenvalue weighted by Crippen LogP contribution is -2.48. The van der Waals surface area contributed by atoms with Gasteiger partial charge in [-0.05, 0) is 72.3 Å². The molecule has 1 N–H and O–H groups in total. The standard InChI is InChI=1S/C28H29N7O2S/c1-20-7-11-24(12-8-20)35-28(30-31-32-35)38-19-26(36)29-22-9-13-23(14-10-22)33-15-17-34(18-16-33)27(37)25-6-4-3-5-21(25)2/h3-14H,15-19H2,1-2H3,(H,29,36). The fraction of sp³-hybridized carbons (Fsp3) is 0.250. The Bertz CT molecular complexity index is 1410. The van der Waals surface area contributed by atoms with Crippen LogP contribution in [0.4, 0.5) is 11.4 Å². The maximum absolute atomic E-state index is 12.9. The number of thioether (sulfide) groups is 1. The third-order valence-electron chi connectivity index (χ3n) is 6.51. The maximum atomic E-state index is 12.9. The van der Waals surface area contributed by atoms with Gasteiger partial charge in [0, 0.05) is 43.1 Å². The van der Waals surface area contributed by atoms with E-state index in [1.165, 1.54) is 11.8 Å². The summed E-state index contributed by atoms with van der Waals surface area (Å²) in [4.78, 5) is 29.6. The molecule has 3 aromatic carbocycles. The highest BCUT2D eigenvalue weighted by molar-refractivity contribution is 7.99. The number of anilines is 2. The number of aryl methyl sites for hydroxylation is 2. The fourth-order valence-corrected chi connectivity index (χ4v) is 5.04. The Labute approximate surface area is 225 Å². The number of amides is 2. The van der Waals surface area contributed by atoms with Crippen molar-refractivity contribution in [2.24, 2.45) is 0 Å². The van der Waals surface area contributed by atoms with Gasteiger partial charge < -0.3 is 15.1 Å². The summed E-state index contributed by atoms with van der Waals surface area (Å²) in [5.41, 5.74) is 5.56. The number of rotatable bonds is 7. The lowest BCUT2D eigenvalue weighted by molar-refractivity contribution is -0.113. The molecule has 194 valence electrons. The average Bonchev–Trinajstić information content (AvgIpc) is 3.41. The van der Waals surface area contributed by atoms with Crippen molar-refractivity contribution in [2.45, 2.75) is 19.0 Å². The Hall–Kier alpha value is -4.18. The summed E-state index contributed by atoms with van der Waals surface area (Å²) in [6.45, 7) is 6.85. The topological polar surface area (TPSA) is 96.2 Å². The highest BCUT2D eigenvalue weighted by Crippen LogP contribution is 2.22. The number of carbonyl (C=O) groups is 2. The number of carbonyl (C=O) groups excluding carboxylic acids is 2. The minimum Gasteiger partial charge on any atom is -0.368 e. The molecule has 1 aliphatic heterocycles. The van der Waals surface area contributed by atoms with Crippen LogP contribution in [0.15, 0.2) is 78.0 Å². The summed E-state index contributed by atoms with van der Waals surface area (Å²) >= 11 is 1.28. The van der Waals surface area contributed by atoms with Gasteiger partial charge in [0.2, 0.25) is 11.1 Å². The molecule has 9 nitrogen and oxygen atoms in total. The van der Waals surface area contributed by atoms with Crippen molar-refractivity contribution in [1.82, 2.24) is 25.1 Å². The van der Waals surface area contributed by atoms with Gasteiger partial charge in [0.1, 0.15) is 0 Å². The summed E-state index contributed by atoms with van der Waals surface area (Å²) in [5, 5.41) is 15.3. The predicted octanol–water partition coefficient (Wildman–Crippen LogP) is 3.97. The van der Waals surface area contributed by atoms with Crippen LogP contribution in [0.5, 0.6) is 0 Å². The molecule has 0 aliphatic carbocycles. The van der Waals surface area contributed by atoms with Crippen molar-refractivity contribution in [3.05, 3.63) is 89.5 Å². The van der Waals surface area contributed by atoms with Gasteiger partial charge in [-0.15, -0.1) is 5.10 Å². The van der Waals surface area contributed by atoms with Crippen LogP contribution in [-0.4, -0.2) is 68.9 Å². The second-order valence-electron chi connectivity index (χ2n) is 9.19. The lowest BCUT2D eigenvalue weighted by Gasteiger charge is -2.36. The van der Waals surface area contributed by atoms with Crippen LogP contribution in [0.25, 0.3) is 5.69 Å². The van der Waals surface area contributed by atoms with Gasteiger partial charge >= 0.3 is 0 Å². The number of hydrogen-bond donors (Lipinski definition) is 1. The van der Waals surface area contributed by atoms with E-state index in [0.29, 0.717) is 18.2 Å². The quantitative estimate of drug-likeness (QED) is 0.363. The number of tetrazole rings is 1. The van der Waals surface area contributed by atoms with Gasteiger partial charge in [-0.2, -0.15) is 4.68 Å². The summed E-state index contributed by atoms with van der Waals surface area (Å²) in [5.74, 6) is 0.140. The van der Waals surface area contributed by atoms with Crippen molar-refractivity contribution < 1.29 is 9.59 Å². The zero-order valence-electron chi connectivity index (χ0n) is 21.4. The van der Waals surface area contributed by atoms with E-state index in [1.807, 2.05) is 91.5 Å². The van der Waals surface area contributed by atoms with E-state index >= 15 is 0 Å². The van der Waals surface area contributed by atoms with Crippen LogP contribution in [0, 0.1) is 13.8 Å². The Morgan fingerprint density at radius 1 is 0.868 bits per heavy atom. The van der Waals surface area contributed by atoms with Crippen LogP contribution in [-0.2, 0) is 4.79 Å². The zero-order chi connectivity index (χ0) is 26.5. The Morgan fingerprint density at radius 3 is 2.26 bits per heavy atom. The SMILES string of the molecule is Cc1ccc(-n2nnnc2SCC(=O)Nc2ccc(N3CCN(C(=O)c4ccccc4C)CC3)cc2)cc1. The van der Waals surface area contributed by atoms with Gasteiger partial charge in [-0.25, -0.2) is 0 Å². The molecule has 0 saturated carbocycles. The molecule has 1 saturated heterocycles. The first-order valence-corrected chi connectivity index (χ1v) is 13.4. The number of benzene rings is 3. The molecule has 1 aromatic heterocycles. The number of piperazine rings is 1. The zero-order valence-corrected chi connectivity index (χ0v) is 22.2. The van der Waals surface area contributed by atoms with E-state index in [1.54, 1.807) is 4.68 Å². The molecule has 38 heavy (non-hydrogen) atoms. The maximum Gasteiger partial charge on any atom is 0.254 e. The molecule has 1 fully saturated rings. The molecule has 0 atom stereocenters. The van der Waals surface area contributed by atoms with E-state index in [4.69, 9.17) is 0 Å². The van der Waals surface area contributed by atoms with E-state index in [-0.39, 0.29) is 17.6 Å². The van der Waals surface area contributed by atoms with Crippen molar-refractivity contribution in [1.29, 1.82) is 0 Å². The summed E-state index contributed by atoms with van der Waals surface area (Å²) in [6, 6.07) is 23.4. The molecular formula is C28H29N7O2S. The molecule has 0 spiro atoms. The van der Waals surface area contributed by atoms with E-state index in [9.17, 15) is 9.59 Å². The number of hydrogen-bond acceptors (Lipinski definition) is 7. The molecule has 5 rings (SSSR count). The monoisotopic (exact) mass is 527 g/mol. The van der Waals surface area contributed by atoms with Gasteiger partial charge in [0.05, 0.1) is 11.4 Å². The first kappa shape index (κ1) is 25.5. The second kappa shape index (κ2) is 11.5. The highest BCUT2D eigenvalue weighted by atomic mass is 32.2. The molecule has 2 amide bonds. The molecule has 10 heteroatoms. The average molecular weight is 528 g/mol. The molecule has 4 aromatic rings. The van der Waals surface area contributed by atoms with Crippen molar-refractivity contribution in [3.63, 3.8) is 0 Å². The lowest BCUT2D eigenvalue weighted by atomic mass is 10.1. The Kier molecular flexibility index (Phi) is 7.69. The third-order valence-corrected chi connectivity index (χ3v) is 7.43. The predicted molar refractivity (Wildman–Crippen MR) is 149 cm³/mol. The Balaban J connectivity index is 1.11. The third kappa shape index (κ3) is 5.86. The highest BCUT2D eigenvalue weighted by Gasteiger charge is 2.23. The molecule has 0 bridgehead atoms. The van der Waals surface area contributed by atoms with Crippen molar-refractivity contribution in [2.75, 3.05) is 42.1 Å². The first-order chi connectivity index (χ1) is 18.5. The van der Waals surface area contributed by atoms with Crippen LogP contribution in [0.2, 0.25) is 0 Å². The van der Waals surface area contributed by atoms with E-state index in [0.717, 1.165) is 46.8 Å². The molecule has 0 radical (unpaired) electrons. The van der Waals surface area contributed by atoms with E-state index < -0.39 is 0 Å². The number of aromatic nitrogens is 4. The first-order valence-electron chi connectivity index (χ1n) is 12.5. The fourth-order valence-electron chi connectivity index (χ4n) is 4.35. The van der Waals surface area contributed by atoms with Crippen LogP contribution >= 0.6 is 11.8 Å². The minimum atomic E-state index is -0.135. The number of nitrogens with one attached hydrogen (secondary N) is 1. The summed E-state index contributed by atoms with van der Waals surface area (Å²) in [7, 11) is 0. The molecular weight excluding hydrogens is 498 g/mol. The second-order valence-corrected chi connectivity index (χ2v) is 10.1. The van der Waals surface area contributed by atoms with Crippen LogP contribution < -0.4 is 10.2 Å². The van der Waals surface area contributed by atoms with Crippen LogP contribution in [0.1, 0.15) is 21.5 Å². The van der Waals surface area contributed by atoms with Gasteiger partial charge in [0.25, 0.3) is 5.91 Å². The summed E-state index contributed by atoms with van der Waals surface area (Å²) < 4.78 is 1.63. The normalized spacial score (nSPS) is 13.4. The minimum absolute atomic E-state index is 0.0894. The molecule has 1 aliphatic rings. The van der Waals surface area contributed by atoms with E-state index in [2.05, 4.69) is 25.7 Å². The van der Waals surface area contributed by atoms with Crippen molar-refractivity contribution >= 4 is 35.0 Å². The Morgan fingerprint density at radius 2 is 1.55 bits per heavy atom.